The van der Waals surface area contributed by atoms with Gasteiger partial charge >= 0.3 is 11.9 Å². The number of fused-ring (bicyclic) bond motifs is 2. The first-order valence-electron chi connectivity index (χ1n) is 16.1. The van der Waals surface area contributed by atoms with Crippen LogP contribution in [0.1, 0.15) is 58.5 Å². The normalized spacial score (nSPS) is 10.9. The number of ether oxygens (including phenoxy) is 10. The van der Waals surface area contributed by atoms with Crippen molar-refractivity contribution >= 4 is 33.5 Å². The van der Waals surface area contributed by atoms with Gasteiger partial charge in [0.1, 0.15) is 34.1 Å². The first kappa shape index (κ1) is 37.6. The molecule has 0 aliphatic rings. The third-order valence-electron chi connectivity index (χ3n) is 8.68. The second kappa shape index (κ2) is 16.0. The maximum absolute atomic E-state index is 13.8. The second-order valence-electron chi connectivity index (χ2n) is 11.2. The average Bonchev–Trinajstić information content (AvgIpc) is 3.14. The number of carbonyl (C=O) groups is 2. The molecule has 0 heterocycles. The lowest BCUT2D eigenvalue weighted by Gasteiger charge is -2.27. The van der Waals surface area contributed by atoms with Crippen molar-refractivity contribution in [1.29, 1.82) is 0 Å². The summed E-state index contributed by atoms with van der Waals surface area (Å²) < 4.78 is 58.6. The second-order valence-corrected chi connectivity index (χ2v) is 11.2. The van der Waals surface area contributed by atoms with E-state index in [1.54, 1.807) is 14.2 Å². The summed E-state index contributed by atoms with van der Waals surface area (Å²) in [5.41, 5.74) is 2.36. The molecule has 4 rings (SSSR count). The molecule has 0 unspecified atom stereocenters. The van der Waals surface area contributed by atoms with Crippen LogP contribution in [-0.2, 0) is 22.3 Å². The van der Waals surface area contributed by atoms with Crippen LogP contribution in [0.2, 0.25) is 0 Å². The molecule has 4 aromatic rings. The fourth-order valence-corrected chi connectivity index (χ4v) is 6.82. The lowest BCUT2D eigenvalue weighted by atomic mass is 9.85. The molecule has 0 saturated heterocycles. The van der Waals surface area contributed by atoms with Gasteiger partial charge in [0.25, 0.3) is 0 Å². The van der Waals surface area contributed by atoms with Crippen LogP contribution >= 0.6 is 0 Å². The highest BCUT2D eigenvalue weighted by atomic mass is 16.5. The zero-order valence-corrected chi connectivity index (χ0v) is 30.9. The number of hydrogen-bond donors (Lipinski definition) is 0. The van der Waals surface area contributed by atoms with Gasteiger partial charge in [0, 0.05) is 21.9 Å². The lowest BCUT2D eigenvalue weighted by Crippen LogP contribution is -2.12. The van der Waals surface area contributed by atoms with Gasteiger partial charge in [-0.05, 0) is 36.1 Å². The smallest absolute Gasteiger partial charge is 0.345 e. The standard InChI is InChI=1S/C38H46O12/c1-13-15-19-17-21-23(31(43-5)27(37(39)49-11)33(45-7)25(21)35(47-9)29(19)41-3)24-22-18-20(16-14-2)30(42-4)36(48-10)26(22)34(46-8)28(32(24)44-6)38(40)50-12/h17-18H,13-16H2,1-12H3. The molecule has 0 aromatic heterocycles. The summed E-state index contributed by atoms with van der Waals surface area (Å²) in [4.78, 5) is 27.5. The lowest BCUT2D eigenvalue weighted by molar-refractivity contribution is 0.0584. The van der Waals surface area contributed by atoms with E-state index >= 15 is 0 Å². The number of benzene rings is 4. The number of carbonyl (C=O) groups excluding carboxylic acids is 2. The Morgan fingerprint density at radius 2 is 0.740 bits per heavy atom. The average molecular weight is 695 g/mol. The van der Waals surface area contributed by atoms with Gasteiger partial charge in [0.05, 0.1) is 81.9 Å². The minimum atomic E-state index is -0.739. The molecule has 0 aliphatic heterocycles. The van der Waals surface area contributed by atoms with Crippen LogP contribution < -0.4 is 37.9 Å². The Morgan fingerprint density at radius 3 is 0.980 bits per heavy atom. The highest BCUT2D eigenvalue weighted by molar-refractivity contribution is 6.22. The molecule has 0 amide bonds. The molecule has 270 valence electrons. The Labute approximate surface area is 292 Å². The summed E-state index contributed by atoms with van der Waals surface area (Å²) >= 11 is 0. The SMILES string of the molecule is CCCc1cc2c(-c3c(OC)c(C(=O)OC)c(OC)c4c(OC)c(OC)c(CCC)cc34)c(OC)c(C(=O)OC)c(OC)c2c(OC)c1OC. The van der Waals surface area contributed by atoms with Crippen molar-refractivity contribution in [2.75, 3.05) is 71.1 Å². The molecule has 0 atom stereocenters. The van der Waals surface area contributed by atoms with Crippen LogP contribution in [0.15, 0.2) is 12.1 Å². The van der Waals surface area contributed by atoms with Crippen molar-refractivity contribution in [3.63, 3.8) is 0 Å². The number of rotatable bonds is 15. The Bertz CT molecular complexity index is 1790. The van der Waals surface area contributed by atoms with Crippen molar-refractivity contribution in [2.45, 2.75) is 39.5 Å². The largest absolute Gasteiger partial charge is 0.495 e. The summed E-state index contributed by atoms with van der Waals surface area (Å²) in [5.74, 6) is 0.615. The van der Waals surface area contributed by atoms with Crippen LogP contribution in [0.25, 0.3) is 32.7 Å². The maximum Gasteiger partial charge on any atom is 0.345 e. The molecule has 12 heteroatoms. The predicted molar refractivity (Wildman–Crippen MR) is 190 cm³/mol. The molecule has 12 nitrogen and oxygen atoms in total. The van der Waals surface area contributed by atoms with Gasteiger partial charge in [-0.3, -0.25) is 0 Å². The zero-order valence-electron chi connectivity index (χ0n) is 30.9. The molecule has 50 heavy (non-hydrogen) atoms. The summed E-state index contributed by atoms with van der Waals surface area (Å²) in [6.07, 6.45) is 2.82. The molecular formula is C38H46O12. The summed E-state index contributed by atoms with van der Waals surface area (Å²) in [7, 11) is 14.4. The summed E-state index contributed by atoms with van der Waals surface area (Å²) in [6, 6.07) is 3.89. The minimum absolute atomic E-state index is 0.0245. The summed E-state index contributed by atoms with van der Waals surface area (Å²) in [5, 5.41) is 1.92. The van der Waals surface area contributed by atoms with Crippen LogP contribution in [0.3, 0.4) is 0 Å². The Kier molecular flexibility index (Phi) is 12.0. The fourth-order valence-electron chi connectivity index (χ4n) is 6.82. The van der Waals surface area contributed by atoms with E-state index in [0.717, 1.165) is 24.0 Å². The van der Waals surface area contributed by atoms with Crippen LogP contribution in [0.5, 0.6) is 46.0 Å². The highest BCUT2D eigenvalue weighted by Gasteiger charge is 2.37. The van der Waals surface area contributed by atoms with Gasteiger partial charge in [0.15, 0.2) is 23.0 Å². The quantitative estimate of drug-likeness (QED) is 0.117. The van der Waals surface area contributed by atoms with Crippen molar-refractivity contribution in [3.05, 3.63) is 34.4 Å². The number of hydrogen-bond acceptors (Lipinski definition) is 12. The predicted octanol–water partition coefficient (Wildman–Crippen LogP) is 7.21. The molecule has 0 aliphatic carbocycles. The number of esters is 2. The first-order valence-corrected chi connectivity index (χ1v) is 16.1. The summed E-state index contributed by atoms with van der Waals surface area (Å²) in [6.45, 7) is 4.10. The molecule has 0 radical (unpaired) electrons. The minimum Gasteiger partial charge on any atom is -0.495 e. The topological polar surface area (TPSA) is 126 Å². The van der Waals surface area contributed by atoms with E-state index in [-0.39, 0.29) is 34.1 Å². The van der Waals surface area contributed by atoms with Gasteiger partial charge in [-0.1, -0.05) is 26.7 Å². The molecule has 4 aromatic carbocycles. The third-order valence-corrected chi connectivity index (χ3v) is 8.68. The molecule has 0 spiro atoms. The van der Waals surface area contributed by atoms with E-state index in [0.29, 0.717) is 68.5 Å². The maximum atomic E-state index is 13.8. The van der Waals surface area contributed by atoms with E-state index in [2.05, 4.69) is 13.8 Å². The number of aryl methyl sites for hydroxylation is 2. The van der Waals surface area contributed by atoms with E-state index < -0.39 is 11.9 Å². The molecule has 0 bridgehead atoms. The molecular weight excluding hydrogens is 648 g/mol. The first-order chi connectivity index (χ1) is 24.2. The van der Waals surface area contributed by atoms with Gasteiger partial charge in [-0.15, -0.1) is 0 Å². The van der Waals surface area contributed by atoms with Gasteiger partial charge in [0.2, 0.25) is 0 Å². The van der Waals surface area contributed by atoms with Gasteiger partial charge in [-0.25, -0.2) is 9.59 Å². The molecule has 0 saturated carbocycles. The Morgan fingerprint density at radius 1 is 0.440 bits per heavy atom. The fraction of sp³-hybridized carbons (Fsp3) is 0.421. The zero-order chi connectivity index (χ0) is 36.9. The highest BCUT2D eigenvalue weighted by Crippen LogP contribution is 2.59. The van der Waals surface area contributed by atoms with Crippen molar-refractivity contribution in [2.24, 2.45) is 0 Å². The van der Waals surface area contributed by atoms with E-state index in [1.807, 2.05) is 12.1 Å². The van der Waals surface area contributed by atoms with Crippen LogP contribution in [-0.4, -0.2) is 83.0 Å². The van der Waals surface area contributed by atoms with Crippen LogP contribution in [0, 0.1) is 0 Å². The molecule has 0 N–H and O–H groups in total. The van der Waals surface area contributed by atoms with Crippen molar-refractivity contribution < 1.29 is 57.0 Å². The molecule has 0 fully saturated rings. The van der Waals surface area contributed by atoms with E-state index in [4.69, 9.17) is 47.4 Å². The Balaban J connectivity index is 2.60. The third kappa shape index (κ3) is 5.86. The van der Waals surface area contributed by atoms with E-state index in [9.17, 15) is 9.59 Å². The Hall–Kier alpha value is -5.26. The van der Waals surface area contributed by atoms with Crippen LogP contribution in [0.4, 0.5) is 0 Å². The monoisotopic (exact) mass is 694 g/mol. The van der Waals surface area contributed by atoms with Gasteiger partial charge < -0.3 is 47.4 Å². The van der Waals surface area contributed by atoms with Crippen molar-refractivity contribution in [1.82, 2.24) is 0 Å². The number of methoxy groups -OCH3 is 10. The van der Waals surface area contributed by atoms with Crippen molar-refractivity contribution in [3.8, 4) is 57.1 Å². The van der Waals surface area contributed by atoms with E-state index in [1.165, 1.54) is 56.9 Å². The van der Waals surface area contributed by atoms with Gasteiger partial charge in [-0.2, -0.15) is 0 Å².